The fourth-order valence-corrected chi connectivity index (χ4v) is 5.79. The number of ketones is 1. The summed E-state index contributed by atoms with van der Waals surface area (Å²) in [5.41, 5.74) is 1.84. The minimum absolute atomic E-state index is 0.0202. The van der Waals surface area contributed by atoms with E-state index < -0.39 is 12.2 Å². The summed E-state index contributed by atoms with van der Waals surface area (Å²) in [4.78, 5) is 24.2. The Morgan fingerprint density at radius 3 is 2.73 bits per heavy atom. The zero-order chi connectivity index (χ0) is 23.8. The van der Waals surface area contributed by atoms with Crippen LogP contribution in [0, 0.1) is 11.3 Å². The van der Waals surface area contributed by atoms with Crippen molar-refractivity contribution < 1.29 is 19.8 Å². The summed E-state index contributed by atoms with van der Waals surface area (Å²) < 4.78 is 0. The molecule has 2 aliphatic carbocycles. The molecule has 5 heteroatoms. The van der Waals surface area contributed by atoms with Gasteiger partial charge in [-0.15, -0.1) is 0 Å². The number of aliphatic hydroxyl groups excluding tert-OH is 2. The van der Waals surface area contributed by atoms with Gasteiger partial charge in [0.25, 0.3) is 0 Å². The summed E-state index contributed by atoms with van der Waals surface area (Å²) in [6, 6.07) is 7.95. The predicted octanol–water partition coefficient (Wildman–Crippen LogP) is 4.98. The molecule has 3 N–H and O–H groups in total. The van der Waals surface area contributed by atoms with Gasteiger partial charge in [-0.2, -0.15) is 0 Å². The second-order valence-electron chi connectivity index (χ2n) is 9.96. The predicted molar refractivity (Wildman–Crippen MR) is 131 cm³/mol. The molecule has 4 atom stereocenters. The van der Waals surface area contributed by atoms with Crippen LogP contribution in [0.2, 0.25) is 0 Å². The van der Waals surface area contributed by atoms with Gasteiger partial charge in [0.2, 0.25) is 5.91 Å². The largest absolute Gasteiger partial charge is 0.392 e. The Morgan fingerprint density at radius 1 is 1.27 bits per heavy atom. The van der Waals surface area contributed by atoms with Crippen molar-refractivity contribution in [1.29, 1.82) is 0 Å². The fourth-order valence-electron chi connectivity index (χ4n) is 5.79. The number of carbonyl (C=O) groups is 2. The molecular weight excluding hydrogens is 414 g/mol. The van der Waals surface area contributed by atoms with E-state index in [0.29, 0.717) is 19.4 Å². The maximum Gasteiger partial charge on any atom is 0.219 e. The van der Waals surface area contributed by atoms with Gasteiger partial charge in [0.1, 0.15) is 5.78 Å². The van der Waals surface area contributed by atoms with Crippen LogP contribution < -0.4 is 5.32 Å². The summed E-state index contributed by atoms with van der Waals surface area (Å²) in [6.45, 7) is 4.73. The number of carbonyl (C=O) groups excluding carboxylic acids is 2. The number of allylic oxidation sites excluding steroid dienone is 2. The van der Waals surface area contributed by atoms with Gasteiger partial charge in [-0.25, -0.2) is 0 Å². The fraction of sp³-hybridized carbons (Fsp3) is 0.643. The zero-order valence-corrected chi connectivity index (χ0v) is 20.3. The van der Waals surface area contributed by atoms with Crippen LogP contribution in [0.15, 0.2) is 36.4 Å². The van der Waals surface area contributed by atoms with E-state index in [-0.39, 0.29) is 35.4 Å². The molecule has 2 saturated carbocycles. The van der Waals surface area contributed by atoms with Gasteiger partial charge in [0, 0.05) is 36.6 Å². The summed E-state index contributed by atoms with van der Waals surface area (Å²) in [7, 11) is 0. The minimum Gasteiger partial charge on any atom is -0.392 e. The van der Waals surface area contributed by atoms with Crippen LogP contribution in [0.1, 0.15) is 101 Å². The number of nitrogens with one attached hydrogen (secondary N) is 1. The van der Waals surface area contributed by atoms with E-state index >= 15 is 0 Å². The molecule has 0 spiro atoms. The molecule has 1 aromatic rings. The highest BCUT2D eigenvalue weighted by Gasteiger charge is 2.44. The number of aliphatic hydroxyl groups is 2. The van der Waals surface area contributed by atoms with Crippen LogP contribution in [0.4, 0.5) is 0 Å². The first-order chi connectivity index (χ1) is 15.9. The molecule has 5 nitrogen and oxygen atoms in total. The van der Waals surface area contributed by atoms with Crippen LogP contribution in [-0.2, 0) is 9.59 Å². The second-order valence-corrected chi connectivity index (χ2v) is 9.96. The number of hydrogen-bond donors (Lipinski definition) is 3. The highest BCUT2D eigenvalue weighted by Crippen LogP contribution is 2.53. The molecule has 2 aliphatic rings. The summed E-state index contributed by atoms with van der Waals surface area (Å²) in [5.74, 6) is -0.315. The summed E-state index contributed by atoms with van der Waals surface area (Å²) in [6.07, 6.45) is 11.1. The van der Waals surface area contributed by atoms with Crippen LogP contribution in [-0.4, -0.2) is 34.6 Å². The third-order valence-corrected chi connectivity index (χ3v) is 7.67. The Hall–Kier alpha value is -1.98. The van der Waals surface area contributed by atoms with Gasteiger partial charge >= 0.3 is 0 Å². The number of rotatable bonds is 12. The lowest BCUT2D eigenvalue weighted by atomic mass is 9.61. The second kappa shape index (κ2) is 11.9. The number of benzene rings is 1. The third-order valence-electron chi connectivity index (χ3n) is 7.67. The summed E-state index contributed by atoms with van der Waals surface area (Å²) in [5, 5.41) is 24.7. The molecule has 0 bridgehead atoms. The van der Waals surface area contributed by atoms with E-state index in [0.717, 1.165) is 49.7 Å². The van der Waals surface area contributed by atoms with Gasteiger partial charge in [-0.05, 0) is 56.6 Å². The van der Waals surface area contributed by atoms with Crippen molar-refractivity contribution in [2.24, 2.45) is 11.3 Å². The minimum atomic E-state index is -0.686. The van der Waals surface area contributed by atoms with Gasteiger partial charge in [0.05, 0.1) is 12.2 Å². The monoisotopic (exact) mass is 455 g/mol. The maximum absolute atomic E-state index is 12.7. The van der Waals surface area contributed by atoms with Crippen LogP contribution >= 0.6 is 0 Å². The SMILES string of the molecule is CCCC1(C(O)c2cccc(C3C(O)CC(=O)C3C/C=C/CCCC(=O)NCC)c2)CCC1. The molecule has 1 amide bonds. The molecule has 182 valence electrons. The van der Waals surface area contributed by atoms with Gasteiger partial charge in [0.15, 0.2) is 0 Å². The van der Waals surface area contributed by atoms with Gasteiger partial charge < -0.3 is 15.5 Å². The smallest absolute Gasteiger partial charge is 0.219 e. The van der Waals surface area contributed by atoms with Gasteiger partial charge in [-0.1, -0.05) is 56.2 Å². The Bertz CT molecular complexity index is 829. The molecule has 4 unspecified atom stereocenters. The third kappa shape index (κ3) is 6.13. The molecule has 0 radical (unpaired) electrons. The van der Waals surface area contributed by atoms with Crippen LogP contribution in [0.5, 0.6) is 0 Å². The molecule has 0 saturated heterocycles. The van der Waals surface area contributed by atoms with E-state index in [1.165, 1.54) is 6.42 Å². The number of Topliss-reactive ketones (excluding diaryl/α,β-unsaturated/α-hetero) is 1. The van der Waals surface area contributed by atoms with Crippen molar-refractivity contribution in [2.45, 2.75) is 96.2 Å². The lowest BCUT2D eigenvalue weighted by molar-refractivity contribution is -0.121. The maximum atomic E-state index is 12.7. The lowest BCUT2D eigenvalue weighted by Crippen LogP contribution is -2.36. The van der Waals surface area contributed by atoms with E-state index in [4.69, 9.17) is 0 Å². The average Bonchev–Trinajstić information content (AvgIpc) is 3.05. The Balaban J connectivity index is 1.65. The molecular formula is C28H41NO4. The van der Waals surface area contributed by atoms with Gasteiger partial charge in [-0.3, -0.25) is 9.59 Å². The highest BCUT2D eigenvalue weighted by molar-refractivity contribution is 5.85. The van der Waals surface area contributed by atoms with Crippen molar-refractivity contribution in [1.82, 2.24) is 5.32 Å². The van der Waals surface area contributed by atoms with E-state index in [2.05, 4.69) is 12.2 Å². The number of amides is 1. The van der Waals surface area contributed by atoms with Crippen molar-refractivity contribution in [3.63, 3.8) is 0 Å². The number of unbranched alkanes of at least 4 members (excludes halogenated alkanes) is 1. The number of hydrogen-bond acceptors (Lipinski definition) is 4. The average molecular weight is 456 g/mol. The Morgan fingerprint density at radius 2 is 2.06 bits per heavy atom. The quantitative estimate of drug-likeness (QED) is 0.307. The van der Waals surface area contributed by atoms with Crippen molar-refractivity contribution >= 4 is 11.7 Å². The molecule has 0 heterocycles. The van der Waals surface area contributed by atoms with Crippen molar-refractivity contribution in [3.05, 3.63) is 47.5 Å². The first-order valence-corrected chi connectivity index (χ1v) is 12.8. The van der Waals surface area contributed by atoms with E-state index in [9.17, 15) is 19.8 Å². The molecule has 3 rings (SSSR count). The first kappa shape index (κ1) is 25.6. The molecule has 0 aliphatic heterocycles. The standard InChI is InChI=1S/C28H41NO4/c1-3-15-28(16-10-17-28)27(33)21-12-9-11-20(18-21)26-22(23(30)19-24(26)31)13-7-5-6-8-14-25(32)29-4-2/h5,7,9,11-12,18,22,24,26-27,31,33H,3-4,6,8,10,13-17,19H2,1-2H3,(H,29,32)/b7-5+. The highest BCUT2D eigenvalue weighted by atomic mass is 16.3. The summed E-state index contributed by atoms with van der Waals surface area (Å²) >= 11 is 0. The van der Waals surface area contributed by atoms with Crippen LogP contribution in [0.3, 0.4) is 0 Å². The first-order valence-electron chi connectivity index (χ1n) is 12.8. The topological polar surface area (TPSA) is 86.6 Å². The zero-order valence-electron chi connectivity index (χ0n) is 20.3. The molecule has 0 aromatic heterocycles. The van der Waals surface area contributed by atoms with Crippen LogP contribution in [0.25, 0.3) is 0 Å². The van der Waals surface area contributed by atoms with Crippen molar-refractivity contribution in [2.75, 3.05) is 6.54 Å². The van der Waals surface area contributed by atoms with Crippen molar-refractivity contribution in [3.8, 4) is 0 Å². The van der Waals surface area contributed by atoms with E-state index in [1.807, 2.05) is 43.3 Å². The normalized spacial score (nSPS) is 25.2. The molecule has 33 heavy (non-hydrogen) atoms. The molecule has 2 fully saturated rings. The lowest BCUT2D eigenvalue weighted by Gasteiger charge is -2.46. The Labute approximate surface area is 198 Å². The Kier molecular flexibility index (Phi) is 9.27. The van der Waals surface area contributed by atoms with E-state index in [1.54, 1.807) is 0 Å². The molecule has 1 aromatic carbocycles.